The summed E-state index contributed by atoms with van der Waals surface area (Å²) in [4.78, 5) is 23.1. The standard InChI is InChI=1S/C26H28N2O5S/c1-17(2)25(26(30)31)28-34(32)24-13-11-21(12-14-24)20-9-7-19(8-10-20)16-33-23-6-4-5-22(15-23)27-18(3)29/h4-15,17,25,28H,16H2,1-3H3,(H,27,29)(H,30,31). The van der Waals surface area contributed by atoms with Gasteiger partial charge in [-0.3, -0.25) is 9.59 Å². The van der Waals surface area contributed by atoms with Crippen molar-refractivity contribution in [1.29, 1.82) is 0 Å². The molecule has 0 saturated heterocycles. The molecule has 34 heavy (non-hydrogen) atoms. The van der Waals surface area contributed by atoms with E-state index in [1.54, 1.807) is 38.1 Å². The van der Waals surface area contributed by atoms with E-state index in [1.165, 1.54) is 6.92 Å². The average Bonchev–Trinajstić information content (AvgIpc) is 2.81. The van der Waals surface area contributed by atoms with Crippen LogP contribution in [-0.4, -0.2) is 27.2 Å². The Hall–Kier alpha value is -3.49. The number of hydrogen-bond donors (Lipinski definition) is 3. The van der Waals surface area contributed by atoms with E-state index < -0.39 is 23.0 Å². The van der Waals surface area contributed by atoms with E-state index in [9.17, 15) is 18.9 Å². The van der Waals surface area contributed by atoms with Gasteiger partial charge in [0, 0.05) is 18.7 Å². The van der Waals surface area contributed by atoms with Gasteiger partial charge < -0.3 is 15.2 Å². The number of carboxylic acid groups (broad SMARTS) is 1. The Morgan fingerprint density at radius 2 is 1.59 bits per heavy atom. The molecule has 0 fully saturated rings. The zero-order valence-electron chi connectivity index (χ0n) is 19.3. The molecule has 1 amide bonds. The summed E-state index contributed by atoms with van der Waals surface area (Å²) < 4.78 is 21.0. The van der Waals surface area contributed by atoms with Crippen molar-refractivity contribution in [2.45, 2.75) is 38.3 Å². The van der Waals surface area contributed by atoms with Crippen molar-refractivity contribution < 1.29 is 23.6 Å². The van der Waals surface area contributed by atoms with Gasteiger partial charge >= 0.3 is 5.97 Å². The van der Waals surface area contributed by atoms with E-state index in [-0.39, 0.29) is 11.8 Å². The molecule has 178 valence electrons. The Labute approximate surface area is 201 Å². The fourth-order valence-corrected chi connectivity index (χ4v) is 4.38. The summed E-state index contributed by atoms with van der Waals surface area (Å²) >= 11 is 0. The molecule has 0 aliphatic carbocycles. The normalized spacial score (nSPS) is 12.7. The molecule has 2 atom stereocenters. The number of nitrogens with one attached hydrogen (secondary N) is 2. The maximum absolute atomic E-state index is 12.5. The Kier molecular flexibility index (Phi) is 8.56. The Morgan fingerprint density at radius 1 is 0.971 bits per heavy atom. The third-order valence-corrected chi connectivity index (χ3v) is 6.25. The maximum atomic E-state index is 12.5. The monoisotopic (exact) mass is 480 g/mol. The number of amides is 1. The third kappa shape index (κ3) is 7.00. The van der Waals surface area contributed by atoms with E-state index in [0.29, 0.717) is 22.9 Å². The topological polar surface area (TPSA) is 105 Å². The molecule has 0 spiro atoms. The quantitative estimate of drug-likeness (QED) is 0.393. The first kappa shape index (κ1) is 25.1. The van der Waals surface area contributed by atoms with Crippen LogP contribution in [0.2, 0.25) is 0 Å². The van der Waals surface area contributed by atoms with Crippen molar-refractivity contribution in [3.63, 3.8) is 0 Å². The van der Waals surface area contributed by atoms with Gasteiger partial charge in [0.2, 0.25) is 5.91 Å². The summed E-state index contributed by atoms with van der Waals surface area (Å²) in [6.45, 7) is 5.38. The number of carbonyl (C=O) groups excluding carboxylic acids is 1. The van der Waals surface area contributed by atoms with Crippen molar-refractivity contribution >= 4 is 28.5 Å². The van der Waals surface area contributed by atoms with Gasteiger partial charge in [-0.15, -0.1) is 0 Å². The molecule has 3 aromatic rings. The molecule has 3 N–H and O–H groups in total. The van der Waals surface area contributed by atoms with Gasteiger partial charge in [0.15, 0.2) is 0 Å². The summed E-state index contributed by atoms with van der Waals surface area (Å²) in [7, 11) is -1.62. The van der Waals surface area contributed by atoms with Gasteiger partial charge in [-0.05, 0) is 46.9 Å². The smallest absolute Gasteiger partial charge is 0.321 e. The van der Waals surface area contributed by atoms with Crippen molar-refractivity contribution in [2.75, 3.05) is 5.32 Å². The molecule has 0 aliphatic rings. The van der Waals surface area contributed by atoms with Crippen LogP contribution in [0.15, 0.2) is 77.7 Å². The zero-order valence-corrected chi connectivity index (χ0v) is 20.1. The van der Waals surface area contributed by atoms with Crippen LogP contribution in [-0.2, 0) is 27.2 Å². The second kappa shape index (κ2) is 11.6. The summed E-state index contributed by atoms with van der Waals surface area (Å²) in [5.41, 5.74) is 3.62. The highest BCUT2D eigenvalue weighted by Crippen LogP contribution is 2.23. The van der Waals surface area contributed by atoms with Crippen LogP contribution in [0.5, 0.6) is 5.75 Å². The minimum absolute atomic E-state index is 0.136. The van der Waals surface area contributed by atoms with Crippen molar-refractivity contribution in [3.05, 3.63) is 78.4 Å². The average molecular weight is 481 g/mol. The highest BCUT2D eigenvalue weighted by Gasteiger charge is 2.23. The Balaban J connectivity index is 1.61. The van der Waals surface area contributed by atoms with Gasteiger partial charge in [-0.25, -0.2) is 8.93 Å². The lowest BCUT2D eigenvalue weighted by molar-refractivity contribution is -0.140. The number of carbonyl (C=O) groups is 2. The van der Waals surface area contributed by atoms with Crippen LogP contribution in [0.3, 0.4) is 0 Å². The predicted octanol–water partition coefficient (Wildman–Crippen LogP) is 4.61. The first-order chi connectivity index (χ1) is 16.2. The van der Waals surface area contributed by atoms with Crippen LogP contribution >= 0.6 is 0 Å². The molecule has 3 aromatic carbocycles. The van der Waals surface area contributed by atoms with Crippen molar-refractivity contribution in [2.24, 2.45) is 5.92 Å². The van der Waals surface area contributed by atoms with Crippen LogP contribution in [0.1, 0.15) is 26.3 Å². The van der Waals surface area contributed by atoms with Crippen molar-refractivity contribution in [1.82, 2.24) is 4.72 Å². The Bertz CT molecular complexity index is 1160. The van der Waals surface area contributed by atoms with E-state index in [4.69, 9.17) is 4.74 Å². The SMILES string of the molecule is CC(=O)Nc1cccc(OCc2ccc(-c3ccc(S(=O)NC(C(=O)O)C(C)C)cc3)cc2)c1. The fraction of sp³-hybridized carbons (Fsp3) is 0.231. The molecule has 2 unspecified atom stereocenters. The summed E-state index contributed by atoms with van der Waals surface area (Å²) in [5.74, 6) is -0.688. The molecule has 8 heteroatoms. The number of aliphatic carboxylic acids is 1. The molecular weight excluding hydrogens is 452 g/mol. The van der Waals surface area contributed by atoms with E-state index in [1.807, 2.05) is 48.5 Å². The van der Waals surface area contributed by atoms with Gasteiger partial charge in [-0.1, -0.05) is 56.3 Å². The summed E-state index contributed by atoms with van der Waals surface area (Å²) in [6.07, 6.45) is 0. The number of ether oxygens (including phenoxy) is 1. The van der Waals surface area contributed by atoms with Gasteiger partial charge in [0.05, 0.1) is 4.90 Å². The second-order valence-corrected chi connectivity index (χ2v) is 9.41. The zero-order chi connectivity index (χ0) is 24.7. The highest BCUT2D eigenvalue weighted by atomic mass is 32.2. The molecule has 7 nitrogen and oxygen atoms in total. The number of rotatable bonds is 10. The molecular formula is C26H28N2O5S. The molecule has 0 saturated carbocycles. The molecule has 0 aromatic heterocycles. The second-order valence-electron chi connectivity index (χ2n) is 8.17. The summed E-state index contributed by atoms with van der Waals surface area (Å²) in [5, 5.41) is 12.0. The molecule has 0 aliphatic heterocycles. The van der Waals surface area contributed by atoms with E-state index in [0.717, 1.165) is 16.7 Å². The third-order valence-electron chi connectivity index (χ3n) is 5.08. The van der Waals surface area contributed by atoms with Crippen LogP contribution in [0.25, 0.3) is 11.1 Å². The molecule has 3 rings (SSSR count). The van der Waals surface area contributed by atoms with Gasteiger partial charge in [0.1, 0.15) is 29.4 Å². The van der Waals surface area contributed by atoms with E-state index in [2.05, 4.69) is 10.0 Å². The molecule has 0 radical (unpaired) electrons. The van der Waals surface area contributed by atoms with Crippen LogP contribution in [0, 0.1) is 5.92 Å². The number of anilines is 1. The number of hydrogen-bond acceptors (Lipinski definition) is 4. The van der Waals surface area contributed by atoms with Gasteiger partial charge in [-0.2, -0.15) is 0 Å². The fourth-order valence-electron chi connectivity index (χ4n) is 3.25. The minimum Gasteiger partial charge on any atom is -0.489 e. The Morgan fingerprint density at radius 3 is 2.15 bits per heavy atom. The lowest BCUT2D eigenvalue weighted by Crippen LogP contribution is -2.41. The predicted molar refractivity (Wildman–Crippen MR) is 133 cm³/mol. The lowest BCUT2D eigenvalue weighted by atomic mass is 10.0. The first-order valence-corrected chi connectivity index (χ1v) is 12.0. The first-order valence-electron chi connectivity index (χ1n) is 10.8. The van der Waals surface area contributed by atoms with Crippen LogP contribution < -0.4 is 14.8 Å². The molecule has 0 bridgehead atoms. The molecule has 0 heterocycles. The van der Waals surface area contributed by atoms with Crippen molar-refractivity contribution in [3.8, 4) is 16.9 Å². The van der Waals surface area contributed by atoms with Gasteiger partial charge in [0.25, 0.3) is 0 Å². The number of benzene rings is 3. The van der Waals surface area contributed by atoms with E-state index >= 15 is 0 Å². The highest BCUT2D eigenvalue weighted by molar-refractivity contribution is 7.83. The largest absolute Gasteiger partial charge is 0.489 e. The minimum atomic E-state index is -1.62. The lowest BCUT2D eigenvalue weighted by Gasteiger charge is -2.17. The number of carboxylic acids is 1. The van der Waals surface area contributed by atoms with Crippen LogP contribution in [0.4, 0.5) is 5.69 Å². The maximum Gasteiger partial charge on any atom is 0.321 e. The summed E-state index contributed by atoms with van der Waals surface area (Å²) in [6, 6.07) is 21.4.